The Bertz CT molecular complexity index is 929. The molecule has 3 aromatic rings. The topological polar surface area (TPSA) is 59.4 Å². The number of amides is 1. The highest BCUT2D eigenvalue weighted by Gasteiger charge is 2.20. The molecule has 1 fully saturated rings. The molecule has 158 valence electrons. The average Bonchev–Trinajstić information content (AvgIpc) is 3.43. The highest BCUT2D eigenvalue weighted by Crippen LogP contribution is 2.20. The molecule has 1 aromatic carbocycles. The second kappa shape index (κ2) is 9.91. The van der Waals surface area contributed by atoms with E-state index in [0.717, 1.165) is 50.6 Å². The largest absolute Gasteiger partial charge is 0.486 e. The first-order chi connectivity index (χ1) is 14.7. The van der Waals surface area contributed by atoms with Crippen molar-refractivity contribution in [3.63, 3.8) is 0 Å². The van der Waals surface area contributed by atoms with Gasteiger partial charge in [-0.1, -0.05) is 6.07 Å². The fourth-order valence-electron chi connectivity index (χ4n) is 3.70. The summed E-state index contributed by atoms with van der Waals surface area (Å²) in [5.74, 6) is 2.12. The van der Waals surface area contributed by atoms with E-state index in [-0.39, 0.29) is 5.91 Å². The number of carbonyl (C=O) groups excluding carboxylic acids is 1. The van der Waals surface area contributed by atoms with Crippen molar-refractivity contribution in [3.05, 3.63) is 70.4 Å². The van der Waals surface area contributed by atoms with Gasteiger partial charge in [-0.25, -0.2) is 4.98 Å². The first kappa shape index (κ1) is 20.6. The van der Waals surface area contributed by atoms with Gasteiger partial charge in [-0.05, 0) is 67.6 Å². The molecule has 1 amide bonds. The maximum atomic E-state index is 12.5. The Hall–Kier alpha value is -2.64. The van der Waals surface area contributed by atoms with Crippen molar-refractivity contribution >= 4 is 17.2 Å². The van der Waals surface area contributed by atoms with Crippen LogP contribution in [0.1, 0.15) is 33.9 Å². The Morgan fingerprint density at radius 1 is 1.23 bits per heavy atom. The molecule has 6 nitrogen and oxygen atoms in total. The lowest BCUT2D eigenvalue weighted by molar-refractivity contribution is 0.0935. The Morgan fingerprint density at radius 2 is 2.03 bits per heavy atom. The molecule has 1 aliphatic heterocycles. The van der Waals surface area contributed by atoms with Crippen LogP contribution in [-0.4, -0.2) is 40.0 Å². The quantitative estimate of drug-likeness (QED) is 0.599. The normalized spacial score (nSPS) is 15.2. The van der Waals surface area contributed by atoms with Gasteiger partial charge in [0.15, 0.2) is 0 Å². The van der Waals surface area contributed by atoms with Crippen LogP contribution in [0.4, 0.5) is 0 Å². The number of benzene rings is 1. The molecular formula is C23H28N4O2S. The fraction of sp³-hybridized carbons (Fsp3) is 0.391. The van der Waals surface area contributed by atoms with Crippen molar-refractivity contribution < 1.29 is 9.53 Å². The molecule has 0 saturated carbocycles. The summed E-state index contributed by atoms with van der Waals surface area (Å²) in [6.07, 6.45) is 5.90. The van der Waals surface area contributed by atoms with E-state index in [1.807, 2.05) is 53.4 Å². The zero-order valence-electron chi connectivity index (χ0n) is 17.3. The van der Waals surface area contributed by atoms with Crippen LogP contribution in [0.25, 0.3) is 0 Å². The van der Waals surface area contributed by atoms with Crippen LogP contribution in [0, 0.1) is 5.92 Å². The number of rotatable bonds is 8. The molecule has 0 spiro atoms. The molecule has 1 aliphatic rings. The monoisotopic (exact) mass is 424 g/mol. The molecule has 0 atom stereocenters. The van der Waals surface area contributed by atoms with Gasteiger partial charge in [0.1, 0.15) is 18.2 Å². The summed E-state index contributed by atoms with van der Waals surface area (Å²) in [5.41, 5.74) is 0.662. The lowest BCUT2D eigenvalue weighted by Crippen LogP contribution is -2.38. The van der Waals surface area contributed by atoms with Crippen LogP contribution in [0.15, 0.2) is 54.2 Å². The minimum absolute atomic E-state index is 0.0216. The minimum atomic E-state index is -0.0216. The molecule has 7 heteroatoms. The van der Waals surface area contributed by atoms with Gasteiger partial charge in [-0.15, -0.1) is 11.3 Å². The summed E-state index contributed by atoms with van der Waals surface area (Å²) in [7, 11) is 1.94. The SMILES string of the molecule is Cn1ccnc1COc1ccc(C(=O)NCC2CCN(Cc3cccs3)CC2)cc1. The zero-order chi connectivity index (χ0) is 20.8. The van der Waals surface area contributed by atoms with Gasteiger partial charge >= 0.3 is 0 Å². The van der Waals surface area contributed by atoms with Crippen molar-refractivity contribution in [2.75, 3.05) is 19.6 Å². The number of hydrogen-bond acceptors (Lipinski definition) is 5. The molecular weight excluding hydrogens is 396 g/mol. The van der Waals surface area contributed by atoms with Crippen molar-refractivity contribution in [1.29, 1.82) is 0 Å². The van der Waals surface area contributed by atoms with Crippen molar-refractivity contribution in [1.82, 2.24) is 19.8 Å². The maximum absolute atomic E-state index is 12.5. The third-order valence-electron chi connectivity index (χ3n) is 5.62. The summed E-state index contributed by atoms with van der Waals surface area (Å²) in [6.45, 7) is 4.38. The van der Waals surface area contributed by atoms with Gasteiger partial charge in [-0.3, -0.25) is 9.69 Å². The second-order valence-corrected chi connectivity index (χ2v) is 8.81. The highest BCUT2D eigenvalue weighted by atomic mass is 32.1. The number of nitrogens with zero attached hydrogens (tertiary/aromatic N) is 3. The number of likely N-dealkylation sites (tertiary alicyclic amines) is 1. The van der Waals surface area contributed by atoms with E-state index in [1.54, 1.807) is 6.20 Å². The number of aryl methyl sites for hydroxylation is 1. The summed E-state index contributed by atoms with van der Waals surface area (Å²) in [6, 6.07) is 11.6. The number of imidazole rings is 1. The van der Waals surface area contributed by atoms with Gasteiger partial charge in [-0.2, -0.15) is 0 Å². The number of piperidine rings is 1. The fourth-order valence-corrected chi connectivity index (χ4v) is 4.44. The number of aromatic nitrogens is 2. The molecule has 30 heavy (non-hydrogen) atoms. The van der Waals surface area contributed by atoms with Gasteiger partial charge in [0.05, 0.1) is 0 Å². The van der Waals surface area contributed by atoms with E-state index in [2.05, 4.69) is 32.7 Å². The lowest BCUT2D eigenvalue weighted by Gasteiger charge is -2.31. The molecule has 0 bridgehead atoms. The number of hydrogen-bond donors (Lipinski definition) is 1. The molecule has 1 saturated heterocycles. The molecule has 2 aromatic heterocycles. The molecule has 1 N–H and O–H groups in total. The first-order valence-electron chi connectivity index (χ1n) is 10.4. The molecule has 0 unspecified atom stereocenters. The van der Waals surface area contributed by atoms with E-state index >= 15 is 0 Å². The number of carbonyl (C=O) groups is 1. The standard InChI is InChI=1S/C23H28N4O2S/c1-26-13-10-24-22(26)17-29-20-6-4-19(5-7-20)23(28)25-15-18-8-11-27(12-9-18)16-21-3-2-14-30-21/h2-7,10,13-14,18H,8-9,11-12,15-17H2,1H3,(H,25,28). The summed E-state index contributed by atoms with van der Waals surface area (Å²) >= 11 is 1.82. The van der Waals surface area contributed by atoms with Gasteiger partial charge in [0, 0.05) is 43.0 Å². The second-order valence-electron chi connectivity index (χ2n) is 7.78. The van der Waals surface area contributed by atoms with E-state index in [0.29, 0.717) is 18.1 Å². The van der Waals surface area contributed by atoms with E-state index in [9.17, 15) is 4.79 Å². The molecule has 0 radical (unpaired) electrons. The number of ether oxygens (including phenoxy) is 1. The van der Waals surface area contributed by atoms with Gasteiger partial charge in [0.25, 0.3) is 5.91 Å². The maximum Gasteiger partial charge on any atom is 0.251 e. The predicted octanol–water partition coefficient (Wildman–Crippen LogP) is 3.70. The highest BCUT2D eigenvalue weighted by molar-refractivity contribution is 7.09. The van der Waals surface area contributed by atoms with Crippen molar-refractivity contribution in [2.24, 2.45) is 13.0 Å². The number of nitrogens with one attached hydrogen (secondary N) is 1. The van der Waals surface area contributed by atoms with E-state index in [4.69, 9.17) is 4.74 Å². The van der Waals surface area contributed by atoms with Crippen LogP contribution >= 0.6 is 11.3 Å². The van der Waals surface area contributed by atoms with Gasteiger partial charge < -0.3 is 14.6 Å². The Morgan fingerprint density at radius 3 is 2.70 bits per heavy atom. The number of thiophene rings is 1. The van der Waals surface area contributed by atoms with Crippen LogP contribution in [-0.2, 0) is 20.2 Å². The smallest absolute Gasteiger partial charge is 0.251 e. The van der Waals surface area contributed by atoms with Crippen molar-refractivity contribution in [2.45, 2.75) is 26.0 Å². The molecule has 3 heterocycles. The predicted molar refractivity (Wildman–Crippen MR) is 119 cm³/mol. The summed E-state index contributed by atoms with van der Waals surface area (Å²) in [5, 5.41) is 5.24. The minimum Gasteiger partial charge on any atom is -0.486 e. The lowest BCUT2D eigenvalue weighted by atomic mass is 9.96. The molecule has 4 rings (SSSR count). The van der Waals surface area contributed by atoms with Crippen LogP contribution in [0.3, 0.4) is 0 Å². The van der Waals surface area contributed by atoms with E-state index in [1.165, 1.54) is 4.88 Å². The van der Waals surface area contributed by atoms with Crippen LogP contribution in [0.2, 0.25) is 0 Å². The Balaban J connectivity index is 1.18. The molecule has 0 aliphatic carbocycles. The third-order valence-corrected chi connectivity index (χ3v) is 6.48. The zero-order valence-corrected chi connectivity index (χ0v) is 18.1. The Labute approximate surface area is 181 Å². The summed E-state index contributed by atoms with van der Waals surface area (Å²) in [4.78, 5) is 20.7. The van der Waals surface area contributed by atoms with Crippen molar-refractivity contribution in [3.8, 4) is 5.75 Å². The average molecular weight is 425 g/mol. The van der Waals surface area contributed by atoms with Crippen LogP contribution < -0.4 is 10.1 Å². The summed E-state index contributed by atoms with van der Waals surface area (Å²) < 4.78 is 7.67. The first-order valence-corrected chi connectivity index (χ1v) is 11.3. The Kier molecular flexibility index (Phi) is 6.81. The van der Waals surface area contributed by atoms with Crippen LogP contribution in [0.5, 0.6) is 5.75 Å². The van der Waals surface area contributed by atoms with E-state index < -0.39 is 0 Å². The third kappa shape index (κ3) is 5.49. The van der Waals surface area contributed by atoms with Gasteiger partial charge in [0.2, 0.25) is 0 Å².